The van der Waals surface area contributed by atoms with Crippen molar-refractivity contribution in [3.63, 3.8) is 0 Å². The van der Waals surface area contributed by atoms with Crippen molar-refractivity contribution in [1.29, 1.82) is 0 Å². The van der Waals surface area contributed by atoms with Crippen LogP contribution in [0.2, 0.25) is 0 Å². The molecule has 1 saturated carbocycles. The Balaban J connectivity index is 2.24. The lowest BCUT2D eigenvalue weighted by atomic mass is 9.94. The third-order valence-electron chi connectivity index (χ3n) is 4.07. The van der Waals surface area contributed by atoms with Gasteiger partial charge in [-0.25, -0.2) is 0 Å². The fourth-order valence-corrected chi connectivity index (χ4v) is 2.57. The van der Waals surface area contributed by atoms with Gasteiger partial charge in [-0.1, -0.05) is 6.92 Å². The molecule has 1 aliphatic rings. The number of nitrogens with one attached hydrogen (secondary N) is 1. The van der Waals surface area contributed by atoms with Crippen LogP contribution < -0.4 is 5.32 Å². The highest BCUT2D eigenvalue weighted by Gasteiger charge is 2.25. The highest BCUT2D eigenvalue weighted by atomic mass is 16.5. The molecule has 0 saturated heterocycles. The zero-order valence-corrected chi connectivity index (χ0v) is 12.8. The monoisotopic (exact) mass is 273 g/mol. The summed E-state index contributed by atoms with van der Waals surface area (Å²) >= 11 is 0. The van der Waals surface area contributed by atoms with Crippen LogP contribution in [-0.2, 0) is 9.47 Å². The summed E-state index contributed by atoms with van der Waals surface area (Å²) in [6.07, 6.45) is 7.10. The first-order valence-corrected chi connectivity index (χ1v) is 7.64. The van der Waals surface area contributed by atoms with Crippen LogP contribution in [0, 0.1) is 0 Å². The van der Waals surface area contributed by atoms with Gasteiger partial charge in [-0.05, 0) is 52.0 Å². The van der Waals surface area contributed by atoms with E-state index in [9.17, 15) is 5.11 Å². The second-order valence-corrected chi connectivity index (χ2v) is 5.91. The molecule has 0 aromatic rings. The third kappa shape index (κ3) is 6.21. The second-order valence-electron chi connectivity index (χ2n) is 5.91. The Morgan fingerprint density at radius 1 is 1.32 bits per heavy atom. The molecule has 0 radical (unpaired) electrons. The summed E-state index contributed by atoms with van der Waals surface area (Å²) in [4.78, 5) is 0. The van der Waals surface area contributed by atoms with E-state index in [0.717, 1.165) is 38.6 Å². The molecule has 0 heterocycles. The van der Waals surface area contributed by atoms with Crippen molar-refractivity contribution in [2.24, 2.45) is 0 Å². The molecule has 1 rings (SSSR count). The SMILES string of the molecule is CCCNC(C)(CO)CCOC1CCCC(OC)C1. The van der Waals surface area contributed by atoms with E-state index in [4.69, 9.17) is 9.47 Å². The van der Waals surface area contributed by atoms with Crippen molar-refractivity contribution < 1.29 is 14.6 Å². The minimum Gasteiger partial charge on any atom is -0.394 e. The highest BCUT2D eigenvalue weighted by molar-refractivity contribution is 4.82. The number of methoxy groups -OCH3 is 1. The van der Waals surface area contributed by atoms with Crippen molar-refractivity contribution >= 4 is 0 Å². The number of rotatable bonds is 9. The van der Waals surface area contributed by atoms with Crippen LogP contribution in [0.4, 0.5) is 0 Å². The second kappa shape index (κ2) is 8.90. The van der Waals surface area contributed by atoms with E-state index in [1.165, 1.54) is 6.42 Å². The minimum atomic E-state index is -0.217. The lowest BCUT2D eigenvalue weighted by molar-refractivity contribution is -0.0363. The van der Waals surface area contributed by atoms with Crippen molar-refractivity contribution in [3.05, 3.63) is 0 Å². The summed E-state index contributed by atoms with van der Waals surface area (Å²) in [5.74, 6) is 0. The summed E-state index contributed by atoms with van der Waals surface area (Å²) in [6, 6.07) is 0. The van der Waals surface area contributed by atoms with Crippen LogP contribution in [0.1, 0.15) is 52.4 Å². The Bertz CT molecular complexity index is 237. The maximum atomic E-state index is 9.49. The molecule has 0 amide bonds. The Kier molecular flexibility index (Phi) is 7.91. The van der Waals surface area contributed by atoms with Crippen molar-refractivity contribution in [3.8, 4) is 0 Å². The minimum absolute atomic E-state index is 0.154. The van der Waals surface area contributed by atoms with Crippen LogP contribution in [0.15, 0.2) is 0 Å². The zero-order valence-electron chi connectivity index (χ0n) is 12.8. The maximum Gasteiger partial charge on any atom is 0.0611 e. The third-order valence-corrected chi connectivity index (χ3v) is 4.07. The molecule has 3 unspecified atom stereocenters. The first kappa shape index (κ1) is 16.9. The number of aliphatic hydroxyl groups excluding tert-OH is 1. The summed E-state index contributed by atoms with van der Waals surface area (Å²) < 4.78 is 11.4. The van der Waals surface area contributed by atoms with Crippen LogP contribution in [-0.4, -0.2) is 49.7 Å². The Morgan fingerprint density at radius 2 is 2.05 bits per heavy atom. The van der Waals surface area contributed by atoms with Crippen molar-refractivity contribution in [2.75, 3.05) is 26.9 Å². The number of hydrogen-bond acceptors (Lipinski definition) is 4. The van der Waals surface area contributed by atoms with Crippen LogP contribution in [0.3, 0.4) is 0 Å². The standard InChI is InChI=1S/C15H31NO3/c1-4-9-16-15(2,12-17)8-10-19-14-7-5-6-13(11-14)18-3/h13-14,16-17H,4-12H2,1-3H3. The molecule has 0 bridgehead atoms. The molecule has 1 aliphatic carbocycles. The molecule has 0 aromatic heterocycles. The lowest BCUT2D eigenvalue weighted by Crippen LogP contribution is -2.47. The van der Waals surface area contributed by atoms with E-state index in [-0.39, 0.29) is 12.1 Å². The molecule has 1 fully saturated rings. The average Bonchev–Trinajstić information content (AvgIpc) is 2.45. The van der Waals surface area contributed by atoms with Gasteiger partial charge in [0.2, 0.25) is 0 Å². The summed E-state index contributed by atoms with van der Waals surface area (Å²) in [5.41, 5.74) is -0.217. The molecule has 4 nitrogen and oxygen atoms in total. The highest BCUT2D eigenvalue weighted by Crippen LogP contribution is 2.23. The van der Waals surface area contributed by atoms with Gasteiger partial charge in [-0.2, -0.15) is 0 Å². The van der Waals surface area contributed by atoms with Crippen LogP contribution >= 0.6 is 0 Å². The number of hydrogen-bond donors (Lipinski definition) is 2. The maximum absolute atomic E-state index is 9.49. The van der Waals surface area contributed by atoms with Gasteiger partial charge < -0.3 is 19.9 Å². The summed E-state index contributed by atoms with van der Waals surface area (Å²) in [5, 5.41) is 12.9. The van der Waals surface area contributed by atoms with Gasteiger partial charge >= 0.3 is 0 Å². The molecule has 4 heteroatoms. The molecule has 3 atom stereocenters. The van der Waals surface area contributed by atoms with E-state index in [0.29, 0.717) is 18.8 Å². The van der Waals surface area contributed by atoms with Gasteiger partial charge in [0.25, 0.3) is 0 Å². The number of ether oxygens (including phenoxy) is 2. The molecular formula is C15H31NO3. The van der Waals surface area contributed by atoms with Crippen molar-refractivity contribution in [2.45, 2.75) is 70.1 Å². The van der Waals surface area contributed by atoms with Crippen molar-refractivity contribution in [1.82, 2.24) is 5.32 Å². The molecule has 19 heavy (non-hydrogen) atoms. The number of aliphatic hydroxyl groups is 1. The lowest BCUT2D eigenvalue weighted by Gasteiger charge is -2.31. The summed E-state index contributed by atoms with van der Waals surface area (Å²) in [7, 11) is 1.78. The molecule has 0 aromatic carbocycles. The van der Waals surface area contributed by atoms with E-state index in [1.807, 2.05) is 0 Å². The Labute approximate surface area is 117 Å². The molecule has 2 N–H and O–H groups in total. The van der Waals surface area contributed by atoms with E-state index in [1.54, 1.807) is 7.11 Å². The Morgan fingerprint density at radius 3 is 2.68 bits per heavy atom. The average molecular weight is 273 g/mol. The van der Waals surface area contributed by atoms with E-state index >= 15 is 0 Å². The van der Waals surface area contributed by atoms with E-state index in [2.05, 4.69) is 19.2 Å². The first-order chi connectivity index (χ1) is 9.13. The van der Waals surface area contributed by atoms with Gasteiger partial charge in [0.1, 0.15) is 0 Å². The normalized spacial score (nSPS) is 27.2. The quantitative estimate of drug-likeness (QED) is 0.675. The smallest absolute Gasteiger partial charge is 0.0611 e. The topological polar surface area (TPSA) is 50.7 Å². The van der Waals surface area contributed by atoms with Gasteiger partial charge in [-0.15, -0.1) is 0 Å². The predicted molar refractivity (Wildman–Crippen MR) is 77.4 cm³/mol. The molecule has 114 valence electrons. The first-order valence-electron chi connectivity index (χ1n) is 7.64. The fourth-order valence-electron chi connectivity index (χ4n) is 2.57. The van der Waals surface area contributed by atoms with E-state index < -0.39 is 0 Å². The molecule has 0 spiro atoms. The largest absolute Gasteiger partial charge is 0.394 e. The van der Waals surface area contributed by atoms with Crippen LogP contribution in [0.5, 0.6) is 0 Å². The fraction of sp³-hybridized carbons (Fsp3) is 1.00. The molecular weight excluding hydrogens is 242 g/mol. The summed E-state index contributed by atoms with van der Waals surface area (Å²) in [6.45, 7) is 5.99. The molecule has 0 aliphatic heterocycles. The van der Waals surface area contributed by atoms with Crippen LogP contribution in [0.25, 0.3) is 0 Å². The Hall–Kier alpha value is -0.160. The van der Waals surface area contributed by atoms with Gasteiger partial charge in [0, 0.05) is 19.3 Å². The van der Waals surface area contributed by atoms with Gasteiger partial charge in [-0.3, -0.25) is 0 Å². The van der Waals surface area contributed by atoms with Gasteiger partial charge in [0.15, 0.2) is 0 Å². The van der Waals surface area contributed by atoms with Gasteiger partial charge in [0.05, 0.1) is 18.8 Å². The predicted octanol–water partition coefficient (Wildman–Crippen LogP) is 2.10. The zero-order chi connectivity index (χ0) is 14.1.